The van der Waals surface area contributed by atoms with E-state index in [9.17, 15) is 14.4 Å². The normalized spacial score (nSPS) is 11.3. The topological polar surface area (TPSA) is 78.9 Å². The SMILES string of the molecule is CCCCn1cnc2c1c(=O)n(CC(=O)c1ccc(Cl)s1)c(=O)n2Cc1ccccc1. The molecule has 0 saturated heterocycles. The highest BCUT2D eigenvalue weighted by Crippen LogP contribution is 2.22. The van der Waals surface area contributed by atoms with E-state index in [-0.39, 0.29) is 18.9 Å². The number of thiophene rings is 1. The summed E-state index contributed by atoms with van der Waals surface area (Å²) in [4.78, 5) is 44.1. The molecule has 7 nitrogen and oxygen atoms in total. The largest absolute Gasteiger partial charge is 0.333 e. The van der Waals surface area contributed by atoms with Gasteiger partial charge in [-0.2, -0.15) is 0 Å². The van der Waals surface area contributed by atoms with Crippen LogP contribution in [0.4, 0.5) is 0 Å². The molecule has 0 radical (unpaired) electrons. The van der Waals surface area contributed by atoms with Gasteiger partial charge < -0.3 is 4.57 Å². The summed E-state index contributed by atoms with van der Waals surface area (Å²) in [6.07, 6.45) is 3.42. The molecular weight excluding hydrogens is 436 g/mol. The van der Waals surface area contributed by atoms with Crippen molar-refractivity contribution in [3.8, 4) is 0 Å². The van der Waals surface area contributed by atoms with Gasteiger partial charge in [-0.1, -0.05) is 55.3 Å². The molecule has 4 rings (SSSR count). The third-order valence-corrected chi connectivity index (χ3v) is 6.34. The van der Waals surface area contributed by atoms with Crippen molar-refractivity contribution < 1.29 is 4.79 Å². The Kier molecular flexibility index (Phi) is 6.20. The Morgan fingerprint density at radius 1 is 1.10 bits per heavy atom. The first-order chi connectivity index (χ1) is 15.0. The molecule has 0 N–H and O–H groups in total. The first-order valence-electron chi connectivity index (χ1n) is 10.0. The molecule has 160 valence electrons. The first-order valence-corrected chi connectivity index (χ1v) is 11.2. The number of hydrogen-bond donors (Lipinski definition) is 0. The Morgan fingerprint density at radius 3 is 2.55 bits per heavy atom. The van der Waals surface area contributed by atoms with E-state index in [4.69, 9.17) is 11.6 Å². The number of carbonyl (C=O) groups is 1. The summed E-state index contributed by atoms with van der Waals surface area (Å²) in [7, 11) is 0. The van der Waals surface area contributed by atoms with Crippen LogP contribution in [-0.4, -0.2) is 24.5 Å². The van der Waals surface area contributed by atoms with E-state index >= 15 is 0 Å². The first kappa shape index (κ1) is 21.3. The standard InChI is InChI=1S/C22H21ClN4O3S/c1-2-3-11-25-14-24-20-19(25)21(29)27(13-16(28)17-9-10-18(23)31-17)22(30)26(20)12-15-7-5-4-6-8-15/h4-10,14H,2-3,11-13H2,1H3. The predicted octanol–water partition coefficient (Wildman–Crippen LogP) is 3.81. The lowest BCUT2D eigenvalue weighted by Gasteiger charge is -2.12. The Bertz CT molecular complexity index is 1350. The lowest BCUT2D eigenvalue weighted by molar-refractivity contribution is 0.0972. The summed E-state index contributed by atoms with van der Waals surface area (Å²) >= 11 is 7.07. The van der Waals surface area contributed by atoms with Crippen LogP contribution in [0.1, 0.15) is 35.0 Å². The van der Waals surface area contributed by atoms with Gasteiger partial charge in [0, 0.05) is 6.54 Å². The molecule has 3 heterocycles. The number of fused-ring (bicyclic) bond motifs is 1. The molecule has 0 bridgehead atoms. The highest BCUT2D eigenvalue weighted by molar-refractivity contribution is 7.18. The second-order valence-electron chi connectivity index (χ2n) is 7.24. The maximum absolute atomic E-state index is 13.3. The van der Waals surface area contributed by atoms with Gasteiger partial charge in [0.25, 0.3) is 5.56 Å². The fourth-order valence-electron chi connectivity index (χ4n) is 3.47. The average molecular weight is 457 g/mol. The van der Waals surface area contributed by atoms with Crippen molar-refractivity contribution in [1.29, 1.82) is 0 Å². The smallest absolute Gasteiger partial charge is 0.325 e. The molecule has 0 fully saturated rings. The molecule has 0 spiro atoms. The number of benzene rings is 1. The van der Waals surface area contributed by atoms with Crippen LogP contribution in [-0.2, 0) is 19.6 Å². The number of unbranched alkanes of at least 4 members (excludes halogenated alkanes) is 1. The molecule has 0 unspecified atom stereocenters. The summed E-state index contributed by atoms with van der Waals surface area (Å²) in [5, 5.41) is 0. The number of hydrogen-bond acceptors (Lipinski definition) is 5. The monoisotopic (exact) mass is 456 g/mol. The van der Waals surface area contributed by atoms with E-state index in [2.05, 4.69) is 11.9 Å². The van der Waals surface area contributed by atoms with Crippen LogP contribution in [0.25, 0.3) is 11.2 Å². The number of carbonyl (C=O) groups excluding carboxylic acids is 1. The van der Waals surface area contributed by atoms with Crippen LogP contribution in [0.2, 0.25) is 4.34 Å². The van der Waals surface area contributed by atoms with Crippen molar-refractivity contribution in [2.24, 2.45) is 0 Å². The van der Waals surface area contributed by atoms with Gasteiger partial charge in [-0.3, -0.25) is 18.7 Å². The Labute approximate surface area is 187 Å². The Morgan fingerprint density at radius 2 is 1.87 bits per heavy atom. The van der Waals surface area contributed by atoms with Crippen molar-refractivity contribution in [1.82, 2.24) is 18.7 Å². The van der Waals surface area contributed by atoms with Gasteiger partial charge in [0.05, 0.1) is 28.6 Å². The third kappa shape index (κ3) is 4.26. The van der Waals surface area contributed by atoms with Crippen molar-refractivity contribution in [3.05, 3.63) is 84.4 Å². The van der Waals surface area contributed by atoms with Crippen LogP contribution >= 0.6 is 22.9 Å². The van der Waals surface area contributed by atoms with Crippen molar-refractivity contribution in [2.75, 3.05) is 0 Å². The van der Waals surface area contributed by atoms with Gasteiger partial charge >= 0.3 is 5.69 Å². The van der Waals surface area contributed by atoms with E-state index in [0.29, 0.717) is 26.9 Å². The maximum atomic E-state index is 13.3. The molecule has 0 atom stereocenters. The number of aryl methyl sites for hydroxylation is 1. The number of Topliss-reactive ketones (excluding diaryl/α,β-unsaturated/α-hetero) is 1. The van der Waals surface area contributed by atoms with Gasteiger partial charge in [-0.15, -0.1) is 11.3 Å². The lowest BCUT2D eigenvalue weighted by Crippen LogP contribution is -2.42. The predicted molar refractivity (Wildman–Crippen MR) is 122 cm³/mol. The van der Waals surface area contributed by atoms with Crippen molar-refractivity contribution >= 4 is 39.9 Å². The minimum atomic E-state index is -0.557. The molecule has 31 heavy (non-hydrogen) atoms. The molecule has 0 aliphatic rings. The summed E-state index contributed by atoms with van der Waals surface area (Å²) in [5.74, 6) is -0.332. The van der Waals surface area contributed by atoms with E-state index in [0.717, 1.165) is 34.3 Å². The fraction of sp³-hybridized carbons (Fsp3) is 0.273. The molecule has 0 amide bonds. The van der Waals surface area contributed by atoms with Crippen LogP contribution in [0.5, 0.6) is 0 Å². The van der Waals surface area contributed by atoms with E-state index in [1.165, 1.54) is 4.57 Å². The molecule has 9 heteroatoms. The maximum Gasteiger partial charge on any atom is 0.333 e. The van der Waals surface area contributed by atoms with Crippen LogP contribution < -0.4 is 11.2 Å². The number of halogens is 1. The second-order valence-corrected chi connectivity index (χ2v) is 8.95. The second kappa shape index (κ2) is 9.03. The summed E-state index contributed by atoms with van der Waals surface area (Å²) in [6.45, 7) is 2.58. The summed E-state index contributed by atoms with van der Waals surface area (Å²) in [6, 6.07) is 12.7. The average Bonchev–Trinajstić information content (AvgIpc) is 3.40. The molecule has 1 aromatic carbocycles. The number of rotatable bonds is 8. The van der Waals surface area contributed by atoms with E-state index in [1.807, 2.05) is 30.3 Å². The van der Waals surface area contributed by atoms with Crippen LogP contribution in [0, 0.1) is 0 Å². The molecule has 3 aromatic heterocycles. The van der Waals surface area contributed by atoms with Crippen LogP contribution in [0.15, 0.2) is 58.4 Å². The highest BCUT2D eigenvalue weighted by atomic mass is 35.5. The quantitative estimate of drug-likeness (QED) is 0.378. The van der Waals surface area contributed by atoms with Gasteiger partial charge in [0.2, 0.25) is 0 Å². The zero-order chi connectivity index (χ0) is 22.0. The molecule has 0 saturated carbocycles. The summed E-state index contributed by atoms with van der Waals surface area (Å²) in [5.41, 5.74) is 0.501. The zero-order valence-corrected chi connectivity index (χ0v) is 18.5. The molecule has 4 aromatic rings. The third-order valence-electron chi connectivity index (χ3n) is 5.07. The zero-order valence-electron chi connectivity index (χ0n) is 17.0. The van der Waals surface area contributed by atoms with Crippen LogP contribution in [0.3, 0.4) is 0 Å². The number of imidazole rings is 1. The van der Waals surface area contributed by atoms with Crippen molar-refractivity contribution in [2.45, 2.75) is 39.4 Å². The molecule has 0 aliphatic carbocycles. The molecular formula is C22H21ClN4O3S. The minimum absolute atomic E-state index is 0.250. The number of ketones is 1. The molecule has 0 aliphatic heterocycles. The van der Waals surface area contributed by atoms with E-state index in [1.54, 1.807) is 23.0 Å². The van der Waals surface area contributed by atoms with Gasteiger partial charge in [-0.05, 0) is 24.1 Å². The number of nitrogens with zero attached hydrogens (tertiary/aromatic N) is 4. The Hall–Kier alpha value is -2.97. The lowest BCUT2D eigenvalue weighted by atomic mass is 10.2. The van der Waals surface area contributed by atoms with E-state index < -0.39 is 11.2 Å². The van der Waals surface area contributed by atoms with Gasteiger partial charge in [0.15, 0.2) is 16.9 Å². The van der Waals surface area contributed by atoms with Gasteiger partial charge in [0.1, 0.15) is 0 Å². The Balaban J connectivity index is 1.86. The highest BCUT2D eigenvalue weighted by Gasteiger charge is 2.21. The van der Waals surface area contributed by atoms with Crippen molar-refractivity contribution in [3.63, 3.8) is 0 Å². The summed E-state index contributed by atoms with van der Waals surface area (Å²) < 4.78 is 4.71. The van der Waals surface area contributed by atoms with Gasteiger partial charge in [-0.25, -0.2) is 9.78 Å². The number of aromatic nitrogens is 4. The fourth-order valence-corrected chi connectivity index (χ4v) is 4.44. The minimum Gasteiger partial charge on any atom is -0.325 e.